The molecule has 3 aromatic carbocycles. The zero-order valence-electron chi connectivity index (χ0n) is 25.9. The molecule has 0 bridgehead atoms. The number of alkyl halides is 3. The number of hydrogen-bond donors (Lipinski definition) is 2. The lowest BCUT2D eigenvalue weighted by molar-refractivity contribution is -0.192. The maximum Gasteiger partial charge on any atom is 0.490 e. The number of aliphatic carboxylic acids is 1. The van der Waals surface area contributed by atoms with Gasteiger partial charge in [0.1, 0.15) is 10.7 Å². The Kier molecular flexibility index (Phi) is 11.6. The molecular formula is C34H34ClF4N3O4S. The second kappa shape index (κ2) is 15.3. The molecule has 7 nitrogen and oxygen atoms in total. The SMILES string of the molecule is CNC1CCC(N(Cc2cc(-c3ccc(N(C)C(C)=O)cc3)ccc2F)C(=O)c2sc3ccccc3c2Cl)CC1.O=C(O)C(F)(F)F. The average molecular weight is 692 g/mol. The largest absolute Gasteiger partial charge is 0.490 e. The van der Waals surface area contributed by atoms with Crippen LogP contribution in [0.2, 0.25) is 5.02 Å². The van der Waals surface area contributed by atoms with Crippen molar-refractivity contribution >= 4 is 56.5 Å². The normalized spacial score (nSPS) is 16.3. The van der Waals surface area contributed by atoms with E-state index in [1.165, 1.54) is 24.3 Å². The molecular weight excluding hydrogens is 658 g/mol. The summed E-state index contributed by atoms with van der Waals surface area (Å²) in [6, 6.07) is 20.8. The molecule has 13 heteroatoms. The highest BCUT2D eigenvalue weighted by Gasteiger charge is 2.38. The first-order chi connectivity index (χ1) is 22.2. The van der Waals surface area contributed by atoms with E-state index in [1.54, 1.807) is 18.0 Å². The van der Waals surface area contributed by atoms with Gasteiger partial charge in [0, 0.05) is 53.9 Å². The molecule has 0 saturated heterocycles. The number of carboxylic acids is 1. The summed E-state index contributed by atoms with van der Waals surface area (Å²) in [7, 11) is 3.70. The monoisotopic (exact) mass is 691 g/mol. The van der Waals surface area contributed by atoms with E-state index in [-0.39, 0.29) is 30.2 Å². The molecule has 1 aliphatic carbocycles. The Labute approximate surface area is 278 Å². The van der Waals surface area contributed by atoms with Crippen LogP contribution >= 0.6 is 22.9 Å². The van der Waals surface area contributed by atoms with Crippen molar-refractivity contribution < 1.29 is 37.1 Å². The van der Waals surface area contributed by atoms with Crippen LogP contribution < -0.4 is 10.2 Å². The molecule has 1 aromatic heterocycles. The topological polar surface area (TPSA) is 90.0 Å². The highest BCUT2D eigenvalue weighted by molar-refractivity contribution is 7.21. The van der Waals surface area contributed by atoms with Gasteiger partial charge >= 0.3 is 12.1 Å². The molecule has 0 aliphatic heterocycles. The first kappa shape index (κ1) is 35.8. The number of benzene rings is 3. The Bertz CT molecular complexity index is 1740. The van der Waals surface area contributed by atoms with Gasteiger partial charge in [0.15, 0.2) is 0 Å². The van der Waals surface area contributed by atoms with Gasteiger partial charge in [-0.1, -0.05) is 48.0 Å². The molecule has 1 heterocycles. The van der Waals surface area contributed by atoms with E-state index in [1.807, 2.05) is 66.5 Å². The first-order valence-corrected chi connectivity index (χ1v) is 16.0. The molecule has 47 heavy (non-hydrogen) atoms. The van der Waals surface area contributed by atoms with Gasteiger partial charge in [0.2, 0.25) is 5.91 Å². The number of nitrogens with zero attached hydrogens (tertiary/aromatic N) is 2. The van der Waals surface area contributed by atoms with Crippen LogP contribution in [0.4, 0.5) is 23.2 Å². The van der Waals surface area contributed by atoms with E-state index in [0.717, 1.165) is 52.6 Å². The van der Waals surface area contributed by atoms with Crippen molar-refractivity contribution in [2.75, 3.05) is 19.0 Å². The Hall–Kier alpha value is -4.00. The van der Waals surface area contributed by atoms with Crippen molar-refractivity contribution in [1.29, 1.82) is 0 Å². The molecule has 0 spiro atoms. The van der Waals surface area contributed by atoms with Gasteiger partial charge in [-0.15, -0.1) is 11.3 Å². The highest BCUT2D eigenvalue weighted by atomic mass is 35.5. The van der Waals surface area contributed by atoms with Crippen LogP contribution in [0.3, 0.4) is 0 Å². The van der Waals surface area contributed by atoms with Crippen LogP contribution in [0.1, 0.15) is 47.8 Å². The minimum Gasteiger partial charge on any atom is -0.475 e. The number of halogens is 5. The first-order valence-electron chi connectivity index (χ1n) is 14.8. The van der Waals surface area contributed by atoms with Crippen LogP contribution in [0.5, 0.6) is 0 Å². The molecule has 0 atom stereocenters. The summed E-state index contributed by atoms with van der Waals surface area (Å²) in [6.45, 7) is 1.67. The lowest BCUT2D eigenvalue weighted by Crippen LogP contribution is -2.44. The van der Waals surface area contributed by atoms with Gasteiger partial charge in [-0.3, -0.25) is 9.59 Å². The number of thiophene rings is 1. The lowest BCUT2D eigenvalue weighted by Gasteiger charge is -2.37. The summed E-state index contributed by atoms with van der Waals surface area (Å²) in [6.07, 6.45) is -1.50. The van der Waals surface area contributed by atoms with E-state index in [4.69, 9.17) is 21.5 Å². The summed E-state index contributed by atoms with van der Waals surface area (Å²) in [5.74, 6) is -3.31. The molecule has 1 fully saturated rings. The fourth-order valence-corrected chi connectivity index (χ4v) is 6.91. The summed E-state index contributed by atoms with van der Waals surface area (Å²) in [5.41, 5.74) is 3.00. The van der Waals surface area contributed by atoms with Crippen molar-refractivity contribution in [1.82, 2.24) is 10.2 Å². The van der Waals surface area contributed by atoms with Crippen LogP contribution in [0.15, 0.2) is 66.7 Å². The molecule has 2 amide bonds. The Morgan fingerprint density at radius 2 is 1.57 bits per heavy atom. The average Bonchev–Trinajstić information content (AvgIpc) is 3.40. The molecule has 4 aromatic rings. The maximum atomic E-state index is 15.3. The predicted molar refractivity (Wildman–Crippen MR) is 176 cm³/mol. The number of carboxylic acid groups (broad SMARTS) is 1. The third-order valence-corrected chi connectivity index (χ3v) is 9.89. The zero-order chi connectivity index (χ0) is 34.5. The minimum atomic E-state index is -5.08. The fraction of sp³-hybridized carbons (Fsp3) is 0.324. The maximum absolute atomic E-state index is 15.3. The number of carbonyl (C=O) groups is 3. The standard InChI is InChI=1S/C32H33ClFN3O2S.C2HF3O2/c1-20(38)36(3)25-13-8-21(9-14-25)22-10-17-28(34)23(18-22)19-37(26-15-11-24(35-2)12-16-26)32(39)31-30(33)27-6-4-5-7-29(27)40-31;3-2(4,5)1(6)7/h4-10,13-14,17-18,24,26,35H,11-12,15-16,19H2,1-3H3;(H,6,7). The minimum absolute atomic E-state index is 0.0113. The number of carbonyl (C=O) groups excluding carboxylic acids is 2. The van der Waals surface area contributed by atoms with Crippen LogP contribution in [-0.2, 0) is 16.1 Å². The van der Waals surface area contributed by atoms with Gasteiger partial charge in [-0.05, 0) is 74.2 Å². The Morgan fingerprint density at radius 1 is 0.979 bits per heavy atom. The van der Waals surface area contributed by atoms with Crippen molar-refractivity contribution in [3.63, 3.8) is 0 Å². The summed E-state index contributed by atoms with van der Waals surface area (Å²) < 4.78 is 48.0. The number of nitrogens with one attached hydrogen (secondary N) is 1. The van der Waals surface area contributed by atoms with Gasteiger partial charge in [0.05, 0.1) is 5.02 Å². The lowest BCUT2D eigenvalue weighted by atomic mass is 9.89. The molecule has 5 rings (SSSR count). The van der Waals surface area contributed by atoms with E-state index < -0.39 is 12.1 Å². The zero-order valence-corrected chi connectivity index (χ0v) is 27.5. The number of amides is 2. The fourth-order valence-electron chi connectivity index (χ4n) is 5.44. The predicted octanol–water partition coefficient (Wildman–Crippen LogP) is 8.15. The van der Waals surface area contributed by atoms with Crippen molar-refractivity contribution in [2.24, 2.45) is 0 Å². The Morgan fingerprint density at radius 3 is 2.13 bits per heavy atom. The second-order valence-corrected chi connectivity index (χ2v) is 12.6. The quantitative estimate of drug-likeness (QED) is 0.191. The Balaban J connectivity index is 0.000000644. The smallest absolute Gasteiger partial charge is 0.475 e. The van der Waals surface area contributed by atoms with E-state index in [9.17, 15) is 22.8 Å². The number of rotatable bonds is 7. The molecule has 1 aliphatic rings. The second-order valence-electron chi connectivity index (χ2n) is 11.2. The molecule has 0 unspecified atom stereocenters. The molecule has 250 valence electrons. The number of fused-ring (bicyclic) bond motifs is 1. The van der Waals surface area contributed by atoms with Crippen molar-refractivity contribution in [3.8, 4) is 11.1 Å². The van der Waals surface area contributed by atoms with E-state index in [0.29, 0.717) is 21.5 Å². The number of anilines is 1. The molecule has 1 saturated carbocycles. The van der Waals surface area contributed by atoms with Crippen LogP contribution in [-0.4, -0.2) is 60.1 Å². The van der Waals surface area contributed by atoms with Crippen molar-refractivity contribution in [2.45, 2.75) is 57.4 Å². The van der Waals surface area contributed by atoms with Crippen molar-refractivity contribution in [3.05, 3.63) is 88.0 Å². The highest BCUT2D eigenvalue weighted by Crippen LogP contribution is 2.38. The third kappa shape index (κ3) is 8.68. The molecule has 2 N–H and O–H groups in total. The summed E-state index contributed by atoms with van der Waals surface area (Å²) >= 11 is 8.12. The summed E-state index contributed by atoms with van der Waals surface area (Å²) in [4.78, 5) is 38.6. The summed E-state index contributed by atoms with van der Waals surface area (Å²) in [5, 5.41) is 11.8. The van der Waals surface area contributed by atoms with Gasteiger partial charge < -0.3 is 20.2 Å². The van der Waals surface area contributed by atoms with E-state index >= 15 is 4.39 Å². The van der Waals surface area contributed by atoms with Gasteiger partial charge in [0.25, 0.3) is 5.91 Å². The number of hydrogen-bond acceptors (Lipinski definition) is 5. The van der Waals surface area contributed by atoms with Crippen LogP contribution in [0, 0.1) is 5.82 Å². The molecule has 0 radical (unpaired) electrons. The van der Waals surface area contributed by atoms with Crippen LogP contribution in [0.25, 0.3) is 21.2 Å². The van der Waals surface area contributed by atoms with Gasteiger partial charge in [-0.2, -0.15) is 13.2 Å². The third-order valence-electron chi connectivity index (χ3n) is 8.22. The van der Waals surface area contributed by atoms with E-state index in [2.05, 4.69) is 5.32 Å². The van der Waals surface area contributed by atoms with Gasteiger partial charge in [-0.25, -0.2) is 9.18 Å².